The number of amides is 2. The average molecular weight is 335 g/mol. The molecule has 6 nitrogen and oxygen atoms in total. The average Bonchev–Trinajstić information content (AvgIpc) is 2.66. The molecule has 0 saturated carbocycles. The molecule has 25 heavy (non-hydrogen) atoms. The van der Waals surface area contributed by atoms with Gasteiger partial charge in [0.2, 0.25) is 0 Å². The number of hydrogen-bond acceptors (Lipinski definition) is 4. The summed E-state index contributed by atoms with van der Waals surface area (Å²) in [7, 11) is 0. The van der Waals surface area contributed by atoms with Gasteiger partial charge in [0.1, 0.15) is 0 Å². The zero-order chi connectivity index (χ0) is 17.6. The predicted molar refractivity (Wildman–Crippen MR) is 95.6 cm³/mol. The molecule has 0 bridgehead atoms. The SMILES string of the molecule is O=C(NCCO)c1ncccc1NC(=O)c1cccc2ccccc12. The zero-order valence-corrected chi connectivity index (χ0v) is 13.4. The Kier molecular flexibility index (Phi) is 5.01. The summed E-state index contributed by atoms with van der Waals surface area (Å²) in [5.74, 6) is -0.774. The Morgan fingerprint density at radius 3 is 2.60 bits per heavy atom. The molecule has 0 fully saturated rings. The van der Waals surface area contributed by atoms with Gasteiger partial charge in [-0.25, -0.2) is 4.98 Å². The van der Waals surface area contributed by atoms with Crippen LogP contribution in [0.5, 0.6) is 0 Å². The van der Waals surface area contributed by atoms with Crippen LogP contribution in [0.2, 0.25) is 0 Å². The first kappa shape index (κ1) is 16.6. The van der Waals surface area contributed by atoms with E-state index in [1.807, 2.05) is 36.4 Å². The number of fused-ring (bicyclic) bond motifs is 1. The van der Waals surface area contributed by atoms with Crippen LogP contribution in [0, 0.1) is 0 Å². The number of hydrogen-bond donors (Lipinski definition) is 3. The van der Waals surface area contributed by atoms with Crippen LogP contribution in [0.3, 0.4) is 0 Å². The van der Waals surface area contributed by atoms with E-state index < -0.39 is 5.91 Å². The van der Waals surface area contributed by atoms with Gasteiger partial charge in [-0.1, -0.05) is 36.4 Å². The van der Waals surface area contributed by atoms with Crippen molar-refractivity contribution >= 4 is 28.3 Å². The zero-order valence-electron chi connectivity index (χ0n) is 13.4. The molecule has 126 valence electrons. The summed E-state index contributed by atoms with van der Waals surface area (Å²) < 4.78 is 0. The highest BCUT2D eigenvalue weighted by Crippen LogP contribution is 2.20. The summed E-state index contributed by atoms with van der Waals surface area (Å²) in [5, 5.41) is 15.9. The summed E-state index contributed by atoms with van der Waals surface area (Å²) in [4.78, 5) is 28.9. The molecule has 2 aromatic carbocycles. The summed E-state index contributed by atoms with van der Waals surface area (Å²) in [5.41, 5.74) is 0.934. The lowest BCUT2D eigenvalue weighted by Gasteiger charge is -2.11. The van der Waals surface area contributed by atoms with Crippen molar-refractivity contribution in [2.75, 3.05) is 18.5 Å². The number of rotatable bonds is 5. The van der Waals surface area contributed by atoms with Crippen molar-refractivity contribution in [3.8, 4) is 0 Å². The molecule has 0 aliphatic rings. The van der Waals surface area contributed by atoms with E-state index >= 15 is 0 Å². The highest BCUT2D eigenvalue weighted by atomic mass is 16.3. The second kappa shape index (κ2) is 7.55. The molecule has 0 aliphatic carbocycles. The molecule has 0 atom stereocenters. The highest BCUT2D eigenvalue weighted by molar-refractivity contribution is 6.14. The van der Waals surface area contributed by atoms with Gasteiger partial charge in [-0.3, -0.25) is 9.59 Å². The predicted octanol–water partition coefficient (Wildman–Crippen LogP) is 2.21. The van der Waals surface area contributed by atoms with Crippen LogP contribution < -0.4 is 10.6 Å². The first-order valence-electron chi connectivity index (χ1n) is 7.84. The molecule has 1 heterocycles. The standard InChI is InChI=1S/C19H17N3O3/c23-12-11-21-19(25)17-16(9-4-10-20-17)22-18(24)15-8-3-6-13-5-1-2-7-14(13)15/h1-10,23H,11-12H2,(H,21,25)(H,22,24). The molecule has 0 saturated heterocycles. The molecule has 0 radical (unpaired) electrons. The van der Waals surface area contributed by atoms with Crippen molar-refractivity contribution in [1.29, 1.82) is 0 Å². The Balaban J connectivity index is 1.90. The Hall–Kier alpha value is -3.25. The summed E-state index contributed by atoms with van der Waals surface area (Å²) in [6.07, 6.45) is 1.47. The molecule has 0 unspecified atom stereocenters. The highest BCUT2D eigenvalue weighted by Gasteiger charge is 2.16. The van der Waals surface area contributed by atoms with Crippen molar-refractivity contribution in [3.05, 3.63) is 72.1 Å². The Labute approximate surface area is 144 Å². The van der Waals surface area contributed by atoms with Crippen LogP contribution in [0.1, 0.15) is 20.8 Å². The number of nitrogens with zero attached hydrogens (tertiary/aromatic N) is 1. The van der Waals surface area contributed by atoms with Gasteiger partial charge >= 0.3 is 0 Å². The lowest BCUT2D eigenvalue weighted by molar-refractivity contribution is 0.0941. The molecule has 0 spiro atoms. The largest absolute Gasteiger partial charge is 0.395 e. The third-order valence-electron chi connectivity index (χ3n) is 3.70. The van der Waals surface area contributed by atoms with Crippen molar-refractivity contribution < 1.29 is 14.7 Å². The number of benzene rings is 2. The number of anilines is 1. The van der Waals surface area contributed by atoms with E-state index in [-0.39, 0.29) is 24.8 Å². The minimum atomic E-state index is -0.456. The van der Waals surface area contributed by atoms with Gasteiger partial charge in [-0.2, -0.15) is 0 Å². The van der Waals surface area contributed by atoms with E-state index in [2.05, 4.69) is 15.6 Å². The van der Waals surface area contributed by atoms with Crippen molar-refractivity contribution in [2.45, 2.75) is 0 Å². The van der Waals surface area contributed by atoms with Crippen molar-refractivity contribution in [3.63, 3.8) is 0 Å². The number of aliphatic hydroxyl groups excluding tert-OH is 1. The van der Waals surface area contributed by atoms with Crippen LogP contribution >= 0.6 is 0 Å². The fourth-order valence-electron chi connectivity index (χ4n) is 2.55. The van der Waals surface area contributed by atoms with Gasteiger partial charge in [0.25, 0.3) is 11.8 Å². The second-order valence-corrected chi connectivity index (χ2v) is 5.36. The molecule has 2 amide bonds. The fraction of sp³-hybridized carbons (Fsp3) is 0.105. The van der Waals surface area contributed by atoms with E-state index in [4.69, 9.17) is 5.11 Å². The molecule has 0 aliphatic heterocycles. The van der Waals surface area contributed by atoms with Crippen molar-refractivity contribution in [2.24, 2.45) is 0 Å². The molecule has 1 aromatic heterocycles. The van der Waals surface area contributed by atoms with E-state index in [1.54, 1.807) is 18.2 Å². The maximum atomic E-state index is 12.7. The topological polar surface area (TPSA) is 91.3 Å². The van der Waals surface area contributed by atoms with Crippen molar-refractivity contribution in [1.82, 2.24) is 10.3 Å². The number of aliphatic hydroxyl groups is 1. The van der Waals surface area contributed by atoms with Gasteiger partial charge in [-0.15, -0.1) is 0 Å². The summed E-state index contributed by atoms with van der Waals surface area (Å²) in [6, 6.07) is 16.3. The molecular formula is C19H17N3O3. The summed E-state index contributed by atoms with van der Waals surface area (Å²) >= 11 is 0. The minimum absolute atomic E-state index is 0.101. The number of nitrogens with one attached hydrogen (secondary N) is 2. The number of pyridine rings is 1. The molecule has 6 heteroatoms. The molecule has 3 aromatic rings. The second-order valence-electron chi connectivity index (χ2n) is 5.36. The molecule has 3 rings (SSSR count). The van der Waals surface area contributed by atoms with E-state index in [1.165, 1.54) is 6.20 Å². The van der Waals surface area contributed by atoms with Crippen LogP contribution in [0.15, 0.2) is 60.8 Å². The minimum Gasteiger partial charge on any atom is -0.395 e. The lowest BCUT2D eigenvalue weighted by Crippen LogP contribution is -2.28. The van der Waals surface area contributed by atoms with Gasteiger partial charge in [-0.05, 0) is 29.0 Å². The number of carbonyl (C=O) groups is 2. The Morgan fingerprint density at radius 2 is 1.76 bits per heavy atom. The Morgan fingerprint density at radius 1 is 0.960 bits per heavy atom. The van der Waals surface area contributed by atoms with Gasteiger partial charge in [0.05, 0.1) is 12.3 Å². The van der Waals surface area contributed by atoms with E-state index in [0.717, 1.165) is 10.8 Å². The number of aromatic nitrogens is 1. The van der Waals surface area contributed by atoms with Gasteiger partial charge < -0.3 is 15.7 Å². The van der Waals surface area contributed by atoms with E-state index in [9.17, 15) is 9.59 Å². The summed E-state index contributed by atoms with van der Waals surface area (Å²) in [6.45, 7) is -0.0532. The molecular weight excluding hydrogens is 318 g/mol. The third-order valence-corrected chi connectivity index (χ3v) is 3.70. The van der Waals surface area contributed by atoms with Gasteiger partial charge in [0.15, 0.2) is 5.69 Å². The first-order valence-corrected chi connectivity index (χ1v) is 7.84. The lowest BCUT2D eigenvalue weighted by atomic mass is 10.0. The van der Waals surface area contributed by atoms with Gasteiger partial charge in [0, 0.05) is 18.3 Å². The number of carbonyl (C=O) groups excluding carboxylic acids is 2. The van der Waals surface area contributed by atoms with E-state index in [0.29, 0.717) is 11.3 Å². The normalized spacial score (nSPS) is 10.4. The fourth-order valence-corrected chi connectivity index (χ4v) is 2.55. The van der Waals surface area contributed by atoms with Crippen LogP contribution in [0.25, 0.3) is 10.8 Å². The maximum absolute atomic E-state index is 12.7. The monoisotopic (exact) mass is 335 g/mol. The smallest absolute Gasteiger partial charge is 0.272 e. The molecule has 3 N–H and O–H groups in total. The quantitative estimate of drug-likeness (QED) is 0.667. The van der Waals surface area contributed by atoms with Crippen LogP contribution in [-0.4, -0.2) is 35.1 Å². The van der Waals surface area contributed by atoms with Crippen LogP contribution in [0.4, 0.5) is 5.69 Å². The first-order chi connectivity index (χ1) is 12.2. The van der Waals surface area contributed by atoms with Crippen LogP contribution in [-0.2, 0) is 0 Å². The third kappa shape index (κ3) is 3.64. The maximum Gasteiger partial charge on any atom is 0.272 e. The Bertz CT molecular complexity index is 919.